The van der Waals surface area contributed by atoms with Gasteiger partial charge >= 0.3 is 0 Å². The summed E-state index contributed by atoms with van der Waals surface area (Å²) in [5, 5.41) is 6.38. The standard InChI is InChI=1S/C19H33FN4O2S.HI/c1-14(2)24(15(3)4)10-9-22-19(21-5)23-12-17-11-18(20)8-7-16(17)13-27(6,25)26;/h7-8,11,14-15H,9-10,12-13H2,1-6H3,(H2,21,22,23);1H. The first-order valence-electron chi connectivity index (χ1n) is 9.18. The molecule has 0 bridgehead atoms. The summed E-state index contributed by atoms with van der Waals surface area (Å²) in [6.45, 7) is 10.5. The molecule has 0 aliphatic heterocycles. The predicted octanol–water partition coefficient (Wildman–Crippen LogP) is 2.77. The van der Waals surface area contributed by atoms with Gasteiger partial charge in [0.1, 0.15) is 5.82 Å². The predicted molar refractivity (Wildman–Crippen MR) is 126 cm³/mol. The van der Waals surface area contributed by atoms with Crippen molar-refractivity contribution >= 4 is 39.8 Å². The van der Waals surface area contributed by atoms with Crippen molar-refractivity contribution in [2.24, 2.45) is 4.99 Å². The third-order valence-corrected chi connectivity index (χ3v) is 5.08. The second-order valence-corrected chi connectivity index (χ2v) is 9.40. The van der Waals surface area contributed by atoms with Crippen LogP contribution in [0, 0.1) is 5.82 Å². The zero-order chi connectivity index (χ0) is 20.6. The highest BCUT2D eigenvalue weighted by Gasteiger charge is 2.13. The number of nitrogens with one attached hydrogen (secondary N) is 2. The van der Waals surface area contributed by atoms with Gasteiger partial charge in [0, 0.05) is 45.0 Å². The Kier molecular flexibility index (Phi) is 12.2. The van der Waals surface area contributed by atoms with Crippen LogP contribution in [0.1, 0.15) is 38.8 Å². The van der Waals surface area contributed by atoms with Crippen LogP contribution in [0.4, 0.5) is 4.39 Å². The Morgan fingerprint density at radius 2 is 1.75 bits per heavy atom. The minimum atomic E-state index is -3.20. The van der Waals surface area contributed by atoms with Crippen LogP contribution >= 0.6 is 24.0 Å². The third kappa shape index (κ3) is 10.0. The zero-order valence-corrected chi connectivity index (χ0v) is 20.8. The normalized spacial score (nSPS) is 12.4. The first kappa shape index (κ1) is 27.1. The maximum atomic E-state index is 13.6. The minimum absolute atomic E-state index is 0. The number of benzene rings is 1. The Bertz CT molecular complexity index is 731. The average molecular weight is 528 g/mol. The lowest BCUT2D eigenvalue weighted by Gasteiger charge is -2.30. The van der Waals surface area contributed by atoms with E-state index in [0.29, 0.717) is 35.7 Å². The topological polar surface area (TPSA) is 73.8 Å². The summed E-state index contributed by atoms with van der Waals surface area (Å²) < 4.78 is 36.8. The van der Waals surface area contributed by atoms with Gasteiger partial charge in [-0.2, -0.15) is 0 Å². The Hall–Kier alpha value is -0.940. The van der Waals surface area contributed by atoms with Gasteiger partial charge in [0.15, 0.2) is 15.8 Å². The molecule has 0 spiro atoms. The minimum Gasteiger partial charge on any atom is -0.355 e. The first-order chi connectivity index (χ1) is 12.5. The van der Waals surface area contributed by atoms with Crippen molar-refractivity contribution in [1.82, 2.24) is 15.5 Å². The molecule has 0 aromatic heterocycles. The molecule has 0 saturated heterocycles. The van der Waals surface area contributed by atoms with E-state index >= 15 is 0 Å². The molecule has 9 heteroatoms. The highest BCUT2D eigenvalue weighted by Crippen LogP contribution is 2.14. The Morgan fingerprint density at radius 1 is 1.14 bits per heavy atom. The largest absolute Gasteiger partial charge is 0.355 e. The van der Waals surface area contributed by atoms with Crippen molar-refractivity contribution < 1.29 is 12.8 Å². The van der Waals surface area contributed by atoms with Crippen LogP contribution < -0.4 is 10.6 Å². The summed E-state index contributed by atoms with van der Waals surface area (Å²) in [6, 6.07) is 5.07. The third-order valence-electron chi connectivity index (χ3n) is 4.24. The summed E-state index contributed by atoms with van der Waals surface area (Å²) in [7, 11) is -1.53. The van der Waals surface area contributed by atoms with Gasteiger partial charge in [-0.25, -0.2) is 12.8 Å². The van der Waals surface area contributed by atoms with Crippen LogP contribution in [0.5, 0.6) is 0 Å². The molecule has 0 radical (unpaired) electrons. The van der Waals surface area contributed by atoms with E-state index < -0.39 is 15.7 Å². The number of nitrogens with zero attached hydrogens (tertiary/aromatic N) is 2. The summed E-state index contributed by atoms with van der Waals surface area (Å²) in [5.41, 5.74) is 1.20. The molecule has 1 aromatic rings. The number of hydrogen-bond acceptors (Lipinski definition) is 4. The SMILES string of the molecule is CN=C(NCCN(C(C)C)C(C)C)NCc1cc(F)ccc1CS(C)(=O)=O.I. The molecule has 162 valence electrons. The molecule has 0 atom stereocenters. The number of sulfone groups is 1. The second kappa shape index (κ2) is 12.6. The van der Waals surface area contributed by atoms with Gasteiger partial charge in [-0.3, -0.25) is 9.89 Å². The first-order valence-corrected chi connectivity index (χ1v) is 11.2. The molecule has 1 rings (SSSR count). The highest BCUT2D eigenvalue weighted by molar-refractivity contribution is 14.0. The van der Waals surface area contributed by atoms with E-state index in [-0.39, 0.29) is 29.7 Å². The zero-order valence-electron chi connectivity index (χ0n) is 17.6. The quantitative estimate of drug-likeness (QED) is 0.293. The lowest BCUT2D eigenvalue weighted by atomic mass is 10.1. The molecule has 2 N–H and O–H groups in total. The lowest BCUT2D eigenvalue weighted by molar-refractivity contribution is 0.178. The second-order valence-electron chi connectivity index (χ2n) is 7.26. The monoisotopic (exact) mass is 528 g/mol. The van der Waals surface area contributed by atoms with Gasteiger partial charge in [-0.1, -0.05) is 6.07 Å². The van der Waals surface area contributed by atoms with Crippen LogP contribution in [0.15, 0.2) is 23.2 Å². The molecule has 0 amide bonds. The van der Waals surface area contributed by atoms with Gasteiger partial charge in [0.25, 0.3) is 0 Å². The van der Waals surface area contributed by atoms with E-state index in [4.69, 9.17) is 0 Å². The van der Waals surface area contributed by atoms with Crippen molar-refractivity contribution in [2.45, 2.75) is 52.1 Å². The molecule has 0 aliphatic carbocycles. The summed E-state index contributed by atoms with van der Waals surface area (Å²) in [4.78, 5) is 6.55. The summed E-state index contributed by atoms with van der Waals surface area (Å²) >= 11 is 0. The molecular formula is C19H34FIN4O2S. The fraction of sp³-hybridized carbons (Fsp3) is 0.632. The molecule has 0 fully saturated rings. The summed E-state index contributed by atoms with van der Waals surface area (Å²) in [5.74, 6) is 0.0853. The fourth-order valence-corrected chi connectivity index (χ4v) is 3.84. The van der Waals surface area contributed by atoms with Gasteiger partial charge in [0.05, 0.1) is 5.75 Å². The van der Waals surface area contributed by atoms with Crippen LogP contribution in [-0.4, -0.2) is 57.8 Å². The van der Waals surface area contributed by atoms with Crippen LogP contribution in [0.25, 0.3) is 0 Å². The molecule has 0 heterocycles. The number of hydrogen-bond donors (Lipinski definition) is 2. The number of rotatable bonds is 9. The van der Waals surface area contributed by atoms with Crippen LogP contribution in [0.3, 0.4) is 0 Å². The van der Waals surface area contributed by atoms with E-state index in [0.717, 1.165) is 13.1 Å². The smallest absolute Gasteiger partial charge is 0.191 e. The van der Waals surface area contributed by atoms with E-state index in [1.54, 1.807) is 7.05 Å². The number of halogens is 2. The summed E-state index contributed by atoms with van der Waals surface area (Å²) in [6.07, 6.45) is 1.17. The molecular weight excluding hydrogens is 494 g/mol. The molecule has 28 heavy (non-hydrogen) atoms. The van der Waals surface area contributed by atoms with Crippen molar-refractivity contribution in [2.75, 3.05) is 26.4 Å². The van der Waals surface area contributed by atoms with E-state index in [1.165, 1.54) is 24.5 Å². The highest BCUT2D eigenvalue weighted by atomic mass is 127. The Morgan fingerprint density at radius 3 is 2.25 bits per heavy atom. The molecule has 0 unspecified atom stereocenters. The maximum Gasteiger partial charge on any atom is 0.191 e. The van der Waals surface area contributed by atoms with Crippen LogP contribution in [-0.2, 0) is 22.1 Å². The molecule has 6 nitrogen and oxygen atoms in total. The maximum absolute atomic E-state index is 13.6. The number of guanidine groups is 1. The molecule has 1 aromatic carbocycles. The van der Waals surface area contributed by atoms with Crippen molar-refractivity contribution in [3.05, 3.63) is 35.1 Å². The fourth-order valence-electron chi connectivity index (χ4n) is 3.00. The van der Waals surface area contributed by atoms with Gasteiger partial charge in [0.2, 0.25) is 0 Å². The molecule has 0 aliphatic rings. The van der Waals surface area contributed by atoms with Crippen molar-refractivity contribution in [3.63, 3.8) is 0 Å². The van der Waals surface area contributed by atoms with E-state index in [1.807, 2.05) is 0 Å². The van der Waals surface area contributed by atoms with Gasteiger partial charge < -0.3 is 10.6 Å². The van der Waals surface area contributed by atoms with Gasteiger partial charge in [-0.05, 0) is 51.0 Å². The lowest BCUT2D eigenvalue weighted by Crippen LogP contribution is -2.45. The van der Waals surface area contributed by atoms with Crippen molar-refractivity contribution in [3.8, 4) is 0 Å². The average Bonchev–Trinajstić information content (AvgIpc) is 2.54. The van der Waals surface area contributed by atoms with E-state index in [2.05, 4.69) is 48.2 Å². The van der Waals surface area contributed by atoms with Crippen LogP contribution in [0.2, 0.25) is 0 Å². The number of aliphatic imine (C=N–C) groups is 1. The van der Waals surface area contributed by atoms with E-state index in [9.17, 15) is 12.8 Å². The molecule has 0 saturated carbocycles. The Balaban J connectivity index is 0.00000729. The van der Waals surface area contributed by atoms with Gasteiger partial charge in [-0.15, -0.1) is 24.0 Å². The Labute approximate surface area is 186 Å². The van der Waals surface area contributed by atoms with Crippen molar-refractivity contribution in [1.29, 1.82) is 0 Å².